The molecule has 0 saturated heterocycles. The summed E-state index contributed by atoms with van der Waals surface area (Å²) in [5, 5.41) is 16.2. The molecule has 1 aromatic rings. The van der Waals surface area contributed by atoms with Crippen molar-refractivity contribution in [1.29, 1.82) is 0 Å². The maximum Gasteiger partial charge on any atom is 0.261 e. The van der Waals surface area contributed by atoms with E-state index in [0.29, 0.717) is 9.88 Å². The SMILES string of the molecule is CCC(C)C(O)CNC(=O)c1sc(NC(=O)C2CC2)cc1C. The van der Waals surface area contributed by atoms with Crippen LogP contribution in [0.5, 0.6) is 0 Å². The zero-order chi connectivity index (χ0) is 16.3. The second-order valence-electron chi connectivity index (χ2n) is 6.05. The summed E-state index contributed by atoms with van der Waals surface area (Å²) >= 11 is 1.28. The van der Waals surface area contributed by atoms with Crippen LogP contribution in [0.1, 0.15) is 48.3 Å². The first-order valence-electron chi connectivity index (χ1n) is 7.80. The van der Waals surface area contributed by atoms with E-state index in [-0.39, 0.29) is 30.2 Å². The van der Waals surface area contributed by atoms with Crippen molar-refractivity contribution in [2.45, 2.75) is 46.1 Å². The van der Waals surface area contributed by atoms with Crippen molar-refractivity contribution in [3.05, 3.63) is 16.5 Å². The third-order valence-electron chi connectivity index (χ3n) is 4.09. The number of rotatable bonds is 7. The normalized spacial score (nSPS) is 16.9. The largest absolute Gasteiger partial charge is 0.391 e. The monoisotopic (exact) mass is 324 g/mol. The Hall–Kier alpha value is -1.40. The lowest BCUT2D eigenvalue weighted by atomic mass is 10.0. The van der Waals surface area contributed by atoms with Crippen molar-refractivity contribution in [1.82, 2.24) is 5.32 Å². The van der Waals surface area contributed by atoms with E-state index in [4.69, 9.17) is 0 Å². The third-order valence-corrected chi connectivity index (χ3v) is 5.24. The van der Waals surface area contributed by atoms with E-state index in [1.807, 2.05) is 26.8 Å². The van der Waals surface area contributed by atoms with Gasteiger partial charge in [0, 0.05) is 12.5 Å². The van der Waals surface area contributed by atoms with E-state index >= 15 is 0 Å². The van der Waals surface area contributed by atoms with Crippen LogP contribution in [0.15, 0.2) is 6.07 Å². The number of amides is 2. The minimum atomic E-state index is -0.539. The molecule has 22 heavy (non-hydrogen) atoms. The Labute approximate surface area is 135 Å². The standard InChI is InChI=1S/C16H24N2O3S/c1-4-9(2)12(19)8-17-16(21)14-10(3)7-13(22-14)18-15(20)11-5-6-11/h7,9,11-12,19H,4-6,8H2,1-3H3,(H,17,21)(H,18,20). The lowest BCUT2D eigenvalue weighted by molar-refractivity contribution is -0.117. The van der Waals surface area contributed by atoms with Crippen molar-refractivity contribution in [3.8, 4) is 0 Å². The first-order chi connectivity index (χ1) is 10.4. The molecular weight excluding hydrogens is 300 g/mol. The van der Waals surface area contributed by atoms with Gasteiger partial charge in [0.15, 0.2) is 0 Å². The van der Waals surface area contributed by atoms with Crippen LogP contribution in [-0.4, -0.2) is 29.6 Å². The highest BCUT2D eigenvalue weighted by Gasteiger charge is 2.30. The van der Waals surface area contributed by atoms with Crippen LogP contribution in [0.3, 0.4) is 0 Å². The first-order valence-corrected chi connectivity index (χ1v) is 8.61. The summed E-state index contributed by atoms with van der Waals surface area (Å²) in [5.74, 6) is 0.139. The van der Waals surface area contributed by atoms with Crippen LogP contribution < -0.4 is 10.6 Å². The molecule has 0 spiro atoms. The van der Waals surface area contributed by atoms with Crippen LogP contribution in [0.2, 0.25) is 0 Å². The summed E-state index contributed by atoms with van der Waals surface area (Å²) in [4.78, 5) is 24.5. The minimum Gasteiger partial charge on any atom is -0.391 e. The van der Waals surface area contributed by atoms with Gasteiger partial charge >= 0.3 is 0 Å². The summed E-state index contributed by atoms with van der Waals surface area (Å²) in [7, 11) is 0. The van der Waals surface area contributed by atoms with Gasteiger partial charge in [-0.15, -0.1) is 11.3 Å². The summed E-state index contributed by atoms with van der Waals surface area (Å²) in [6.07, 6.45) is 2.24. The molecule has 2 atom stereocenters. The lowest BCUT2D eigenvalue weighted by Crippen LogP contribution is -2.35. The molecule has 1 saturated carbocycles. The molecule has 1 aromatic heterocycles. The maximum atomic E-state index is 12.2. The van der Waals surface area contributed by atoms with Crippen molar-refractivity contribution in [2.75, 3.05) is 11.9 Å². The van der Waals surface area contributed by atoms with Crippen LogP contribution in [-0.2, 0) is 4.79 Å². The van der Waals surface area contributed by atoms with Crippen molar-refractivity contribution in [2.24, 2.45) is 11.8 Å². The Morgan fingerprint density at radius 3 is 2.73 bits per heavy atom. The molecule has 0 bridgehead atoms. The van der Waals surface area contributed by atoms with Crippen LogP contribution in [0.25, 0.3) is 0 Å². The zero-order valence-electron chi connectivity index (χ0n) is 13.3. The fourth-order valence-corrected chi connectivity index (χ4v) is 3.08. The quantitative estimate of drug-likeness (QED) is 0.721. The van der Waals surface area contributed by atoms with Gasteiger partial charge in [0.05, 0.1) is 16.0 Å². The Kier molecular flexibility index (Phi) is 5.58. The number of carbonyl (C=O) groups excluding carboxylic acids is 2. The van der Waals surface area contributed by atoms with Gasteiger partial charge in [-0.2, -0.15) is 0 Å². The summed E-state index contributed by atoms with van der Waals surface area (Å²) in [6.45, 7) is 6.06. The molecule has 0 radical (unpaired) electrons. The molecule has 3 N–H and O–H groups in total. The Bertz CT molecular complexity index is 552. The van der Waals surface area contributed by atoms with Gasteiger partial charge in [0.1, 0.15) is 0 Å². The molecular formula is C16H24N2O3S. The second kappa shape index (κ2) is 7.24. The van der Waals surface area contributed by atoms with Crippen molar-refractivity contribution in [3.63, 3.8) is 0 Å². The maximum absolute atomic E-state index is 12.2. The van der Waals surface area contributed by atoms with Gasteiger partial charge in [0.2, 0.25) is 5.91 Å². The number of aliphatic hydroxyl groups is 1. The minimum absolute atomic E-state index is 0.0420. The molecule has 2 unspecified atom stereocenters. The number of thiophene rings is 1. The summed E-state index contributed by atoms with van der Waals surface area (Å²) in [5.41, 5.74) is 0.839. The fraction of sp³-hybridized carbons (Fsp3) is 0.625. The number of carbonyl (C=O) groups is 2. The highest BCUT2D eigenvalue weighted by Crippen LogP contribution is 2.32. The second-order valence-corrected chi connectivity index (χ2v) is 7.10. The fourth-order valence-electron chi connectivity index (χ4n) is 2.09. The molecule has 1 aliphatic carbocycles. The van der Waals surface area contributed by atoms with E-state index < -0.39 is 6.10 Å². The number of anilines is 1. The average molecular weight is 324 g/mol. The molecule has 5 nitrogen and oxygen atoms in total. The molecule has 2 amide bonds. The molecule has 122 valence electrons. The third kappa shape index (κ3) is 4.30. The number of nitrogens with one attached hydrogen (secondary N) is 2. The van der Waals surface area contributed by atoms with Gasteiger partial charge in [-0.3, -0.25) is 9.59 Å². The predicted molar refractivity (Wildman–Crippen MR) is 88.2 cm³/mol. The predicted octanol–water partition coefficient (Wildman–Crippen LogP) is 2.54. The Morgan fingerprint density at radius 1 is 1.45 bits per heavy atom. The molecule has 0 aromatic carbocycles. The molecule has 6 heteroatoms. The Morgan fingerprint density at radius 2 is 2.14 bits per heavy atom. The Balaban J connectivity index is 1.91. The number of aryl methyl sites for hydroxylation is 1. The molecule has 0 aliphatic heterocycles. The van der Waals surface area contributed by atoms with E-state index in [9.17, 15) is 14.7 Å². The van der Waals surface area contributed by atoms with Gasteiger partial charge in [-0.05, 0) is 37.3 Å². The highest BCUT2D eigenvalue weighted by molar-refractivity contribution is 7.18. The summed E-state index contributed by atoms with van der Waals surface area (Å²) in [6, 6.07) is 1.82. The van der Waals surface area contributed by atoms with Gasteiger partial charge in [-0.1, -0.05) is 20.3 Å². The number of hydrogen-bond acceptors (Lipinski definition) is 4. The van der Waals surface area contributed by atoms with Gasteiger partial charge in [0.25, 0.3) is 5.91 Å². The summed E-state index contributed by atoms with van der Waals surface area (Å²) < 4.78 is 0. The number of aliphatic hydroxyl groups excluding tert-OH is 1. The van der Waals surface area contributed by atoms with Crippen molar-refractivity contribution < 1.29 is 14.7 Å². The average Bonchev–Trinajstić information content (AvgIpc) is 3.28. The van der Waals surface area contributed by atoms with E-state index in [1.54, 1.807) is 0 Å². The van der Waals surface area contributed by atoms with E-state index in [0.717, 1.165) is 24.8 Å². The molecule has 1 heterocycles. The van der Waals surface area contributed by atoms with Crippen LogP contribution in [0.4, 0.5) is 5.00 Å². The lowest BCUT2D eigenvalue weighted by Gasteiger charge is -2.17. The number of hydrogen-bond donors (Lipinski definition) is 3. The van der Waals surface area contributed by atoms with Gasteiger partial charge < -0.3 is 15.7 Å². The van der Waals surface area contributed by atoms with Crippen molar-refractivity contribution >= 4 is 28.2 Å². The van der Waals surface area contributed by atoms with E-state index in [1.165, 1.54) is 11.3 Å². The zero-order valence-corrected chi connectivity index (χ0v) is 14.1. The molecule has 1 fully saturated rings. The topological polar surface area (TPSA) is 78.4 Å². The van der Waals surface area contributed by atoms with Crippen LogP contribution in [0, 0.1) is 18.8 Å². The molecule has 2 rings (SSSR count). The smallest absolute Gasteiger partial charge is 0.261 e. The van der Waals surface area contributed by atoms with Gasteiger partial charge in [-0.25, -0.2) is 0 Å². The van der Waals surface area contributed by atoms with Crippen LogP contribution >= 0.6 is 11.3 Å². The highest BCUT2D eigenvalue weighted by atomic mass is 32.1. The van der Waals surface area contributed by atoms with E-state index in [2.05, 4.69) is 10.6 Å². The first kappa shape index (κ1) is 17.0. The molecule has 1 aliphatic rings.